The van der Waals surface area contributed by atoms with Crippen molar-refractivity contribution in [2.75, 3.05) is 25.2 Å². The van der Waals surface area contributed by atoms with Gasteiger partial charge in [0.05, 0.1) is 6.61 Å². The van der Waals surface area contributed by atoms with Crippen molar-refractivity contribution in [1.29, 1.82) is 0 Å². The molecule has 100 valence electrons. The van der Waals surface area contributed by atoms with Gasteiger partial charge in [-0.2, -0.15) is 0 Å². The summed E-state index contributed by atoms with van der Waals surface area (Å²) >= 11 is 6.22. The highest BCUT2D eigenvalue weighted by molar-refractivity contribution is 6.30. The second-order valence-electron chi connectivity index (χ2n) is 4.97. The van der Waals surface area contributed by atoms with Crippen LogP contribution in [0.4, 0.5) is 5.82 Å². The molecule has 0 aliphatic heterocycles. The molecular weight excluding hydrogens is 250 g/mol. The van der Waals surface area contributed by atoms with E-state index in [1.54, 1.807) is 13.4 Å². The lowest BCUT2D eigenvalue weighted by Gasteiger charge is -2.26. The van der Waals surface area contributed by atoms with Crippen molar-refractivity contribution in [2.24, 2.45) is 0 Å². The maximum Gasteiger partial charge on any atom is 0.138 e. The van der Waals surface area contributed by atoms with Gasteiger partial charge in [-0.3, -0.25) is 0 Å². The Bertz CT molecular complexity index is 407. The van der Waals surface area contributed by atoms with Gasteiger partial charge < -0.3 is 9.64 Å². The predicted octanol–water partition coefficient (Wildman–Crippen LogP) is 2.87. The third kappa shape index (κ3) is 2.93. The van der Waals surface area contributed by atoms with E-state index in [0.29, 0.717) is 23.7 Å². The molecule has 1 saturated carbocycles. The first kappa shape index (κ1) is 13.6. The monoisotopic (exact) mass is 269 g/mol. The van der Waals surface area contributed by atoms with Crippen molar-refractivity contribution < 1.29 is 4.74 Å². The summed E-state index contributed by atoms with van der Waals surface area (Å²) in [4.78, 5) is 10.9. The van der Waals surface area contributed by atoms with Gasteiger partial charge in [-0.15, -0.1) is 0 Å². The highest BCUT2D eigenvalue weighted by Gasteiger charge is 2.32. The summed E-state index contributed by atoms with van der Waals surface area (Å²) in [6.45, 7) is 5.80. The molecular formula is C13H20ClN3O. The summed E-state index contributed by atoms with van der Waals surface area (Å²) in [7, 11) is 1.72. The molecule has 0 spiro atoms. The summed E-state index contributed by atoms with van der Waals surface area (Å²) in [6, 6.07) is 0.587. The molecule has 5 heteroatoms. The number of aromatic nitrogens is 2. The zero-order chi connectivity index (χ0) is 13.1. The molecule has 1 aromatic rings. The van der Waals surface area contributed by atoms with Crippen molar-refractivity contribution in [3.05, 3.63) is 17.0 Å². The van der Waals surface area contributed by atoms with Crippen molar-refractivity contribution in [1.82, 2.24) is 9.97 Å². The summed E-state index contributed by atoms with van der Waals surface area (Å²) < 4.78 is 5.18. The molecule has 0 unspecified atom stereocenters. The van der Waals surface area contributed by atoms with Crippen LogP contribution >= 0.6 is 11.6 Å². The zero-order valence-electron chi connectivity index (χ0n) is 11.2. The summed E-state index contributed by atoms with van der Waals surface area (Å²) in [6.07, 6.45) is 4.00. The van der Waals surface area contributed by atoms with E-state index in [4.69, 9.17) is 16.3 Å². The number of hydrogen-bond acceptors (Lipinski definition) is 4. The van der Waals surface area contributed by atoms with Gasteiger partial charge in [-0.1, -0.05) is 25.4 Å². The number of anilines is 1. The summed E-state index contributed by atoms with van der Waals surface area (Å²) in [5, 5.41) is 0.568. The Kier molecular flexibility index (Phi) is 4.40. The fraction of sp³-hybridized carbons (Fsp3) is 0.692. The van der Waals surface area contributed by atoms with Crippen LogP contribution in [0.3, 0.4) is 0 Å². The largest absolute Gasteiger partial charge is 0.383 e. The normalized spacial score (nSPS) is 15.2. The van der Waals surface area contributed by atoms with E-state index in [0.717, 1.165) is 17.9 Å². The van der Waals surface area contributed by atoms with Crippen LogP contribution in [0.5, 0.6) is 0 Å². The lowest BCUT2D eigenvalue weighted by molar-refractivity contribution is 0.204. The molecule has 0 amide bonds. The summed E-state index contributed by atoms with van der Waals surface area (Å²) in [5.74, 6) is 1.29. The fourth-order valence-electron chi connectivity index (χ4n) is 2.13. The molecule has 18 heavy (non-hydrogen) atoms. The Morgan fingerprint density at radius 3 is 2.72 bits per heavy atom. The topological polar surface area (TPSA) is 38.2 Å². The van der Waals surface area contributed by atoms with Gasteiger partial charge in [0.25, 0.3) is 0 Å². The maximum absolute atomic E-state index is 6.22. The Morgan fingerprint density at radius 2 is 2.17 bits per heavy atom. The van der Waals surface area contributed by atoms with Crippen LogP contribution in [-0.4, -0.2) is 36.3 Å². The van der Waals surface area contributed by atoms with E-state index in [2.05, 4.69) is 28.7 Å². The Labute approximate surface area is 113 Å². The van der Waals surface area contributed by atoms with E-state index < -0.39 is 0 Å². The highest BCUT2D eigenvalue weighted by atomic mass is 35.5. The van der Waals surface area contributed by atoms with Gasteiger partial charge in [0, 0.05) is 25.3 Å². The Balaban J connectivity index is 2.31. The molecule has 1 heterocycles. The average Bonchev–Trinajstić information content (AvgIpc) is 3.13. The van der Waals surface area contributed by atoms with Gasteiger partial charge in [0.1, 0.15) is 17.3 Å². The zero-order valence-corrected chi connectivity index (χ0v) is 11.9. The lowest BCUT2D eigenvalue weighted by Crippen LogP contribution is -2.31. The standard InChI is InChI=1S/C13H20ClN3O/c1-9(2)11-12(14)15-8-16-13(11)17(6-7-18-3)10-4-5-10/h8-10H,4-7H2,1-3H3. The second kappa shape index (κ2) is 5.85. The molecule has 0 saturated heterocycles. The molecule has 0 radical (unpaired) electrons. The molecule has 2 rings (SSSR count). The highest BCUT2D eigenvalue weighted by Crippen LogP contribution is 2.36. The molecule has 1 aliphatic carbocycles. The quantitative estimate of drug-likeness (QED) is 0.745. The van der Waals surface area contributed by atoms with Crippen molar-refractivity contribution in [3.63, 3.8) is 0 Å². The average molecular weight is 270 g/mol. The van der Waals surface area contributed by atoms with Gasteiger partial charge in [-0.05, 0) is 18.8 Å². The minimum Gasteiger partial charge on any atom is -0.383 e. The maximum atomic E-state index is 6.22. The number of rotatable bonds is 6. The van der Waals surface area contributed by atoms with Gasteiger partial charge in [-0.25, -0.2) is 9.97 Å². The number of nitrogens with zero attached hydrogens (tertiary/aromatic N) is 3. The third-order valence-electron chi connectivity index (χ3n) is 3.19. The molecule has 4 nitrogen and oxygen atoms in total. The minimum atomic E-state index is 0.317. The molecule has 0 N–H and O–H groups in total. The van der Waals surface area contributed by atoms with Crippen LogP contribution in [0.1, 0.15) is 38.2 Å². The third-order valence-corrected chi connectivity index (χ3v) is 3.49. The number of methoxy groups -OCH3 is 1. The number of hydrogen-bond donors (Lipinski definition) is 0. The van der Waals surface area contributed by atoms with Gasteiger partial charge in [0.2, 0.25) is 0 Å². The van der Waals surface area contributed by atoms with Gasteiger partial charge >= 0.3 is 0 Å². The first-order valence-corrected chi connectivity index (χ1v) is 6.79. The Hall–Kier alpha value is -0.870. The van der Waals surface area contributed by atoms with E-state index in [1.165, 1.54) is 12.8 Å². The van der Waals surface area contributed by atoms with Crippen molar-refractivity contribution in [2.45, 2.75) is 38.6 Å². The van der Waals surface area contributed by atoms with Crippen LogP contribution in [0, 0.1) is 0 Å². The van der Waals surface area contributed by atoms with E-state index in [-0.39, 0.29) is 0 Å². The van der Waals surface area contributed by atoms with Crippen molar-refractivity contribution in [3.8, 4) is 0 Å². The molecule has 0 atom stereocenters. The number of ether oxygens (including phenoxy) is 1. The first-order chi connectivity index (χ1) is 8.65. The fourth-order valence-corrected chi connectivity index (χ4v) is 2.47. The molecule has 0 aromatic carbocycles. The van der Waals surface area contributed by atoms with Crippen LogP contribution in [0.15, 0.2) is 6.33 Å². The van der Waals surface area contributed by atoms with E-state index in [9.17, 15) is 0 Å². The smallest absolute Gasteiger partial charge is 0.138 e. The molecule has 1 aromatic heterocycles. The van der Waals surface area contributed by atoms with E-state index in [1.807, 2.05) is 0 Å². The predicted molar refractivity (Wildman–Crippen MR) is 73.4 cm³/mol. The minimum absolute atomic E-state index is 0.317. The van der Waals surface area contributed by atoms with Crippen LogP contribution in [0.25, 0.3) is 0 Å². The summed E-state index contributed by atoms with van der Waals surface area (Å²) in [5.41, 5.74) is 1.04. The molecule has 1 aliphatic rings. The second-order valence-corrected chi connectivity index (χ2v) is 5.33. The SMILES string of the molecule is COCCN(c1ncnc(Cl)c1C(C)C)C1CC1. The number of halogens is 1. The van der Waals surface area contributed by atoms with Crippen LogP contribution < -0.4 is 4.90 Å². The van der Waals surface area contributed by atoms with E-state index >= 15 is 0 Å². The van der Waals surface area contributed by atoms with Crippen LogP contribution in [0.2, 0.25) is 5.15 Å². The van der Waals surface area contributed by atoms with Crippen LogP contribution in [-0.2, 0) is 4.74 Å². The Morgan fingerprint density at radius 1 is 1.44 bits per heavy atom. The molecule has 0 bridgehead atoms. The lowest BCUT2D eigenvalue weighted by atomic mass is 10.1. The van der Waals surface area contributed by atoms with Gasteiger partial charge in [0.15, 0.2) is 0 Å². The van der Waals surface area contributed by atoms with Crippen molar-refractivity contribution >= 4 is 17.4 Å². The first-order valence-electron chi connectivity index (χ1n) is 6.41. The molecule has 1 fully saturated rings.